The maximum atomic E-state index is 4.73. The fraction of sp³-hybridized carbons (Fsp3) is 0.149. The summed E-state index contributed by atoms with van der Waals surface area (Å²) < 4.78 is 2.52. The summed E-state index contributed by atoms with van der Waals surface area (Å²) in [6.07, 6.45) is 5.14. The molecule has 0 fully saturated rings. The Bertz CT molecular complexity index is 2400. The van der Waals surface area contributed by atoms with Gasteiger partial charge in [-0.1, -0.05) is 147 Å². The van der Waals surface area contributed by atoms with E-state index in [0.29, 0.717) is 5.92 Å². The van der Waals surface area contributed by atoms with Crippen molar-refractivity contribution in [2.75, 3.05) is 0 Å². The first-order valence-electron chi connectivity index (χ1n) is 17.7. The topological polar surface area (TPSA) is 25.8 Å². The largest absolute Gasteiger partial charge is 0.305 e. The molecule has 3 heterocycles. The van der Waals surface area contributed by atoms with Crippen LogP contribution in [0.15, 0.2) is 146 Å². The summed E-state index contributed by atoms with van der Waals surface area (Å²) in [5.41, 5.74) is 10.4. The zero-order chi connectivity index (χ0) is 35.4. The van der Waals surface area contributed by atoms with Crippen molar-refractivity contribution in [3.05, 3.63) is 164 Å². The Hall–Kier alpha value is -4.51. The maximum Gasteiger partial charge on any atom is 0.0798 e. The molecule has 0 aliphatic heterocycles. The molecular weight excluding hydrogens is 845 g/mol. The Morgan fingerprint density at radius 1 is 0.692 bits per heavy atom. The summed E-state index contributed by atoms with van der Waals surface area (Å²) >= 11 is 1.82. The van der Waals surface area contributed by atoms with Crippen molar-refractivity contribution in [3.63, 3.8) is 0 Å². The molecule has 0 aliphatic rings. The van der Waals surface area contributed by atoms with Crippen LogP contribution in [0.4, 0.5) is 0 Å². The van der Waals surface area contributed by atoms with Crippen molar-refractivity contribution in [2.45, 2.75) is 39.9 Å². The van der Waals surface area contributed by atoms with Gasteiger partial charge in [-0.05, 0) is 62.3 Å². The minimum atomic E-state index is -1.34. The van der Waals surface area contributed by atoms with Crippen molar-refractivity contribution in [1.82, 2.24) is 9.97 Å². The molecule has 5 aromatic carbocycles. The summed E-state index contributed by atoms with van der Waals surface area (Å²) in [6.45, 7) is 11.7. The van der Waals surface area contributed by atoms with Gasteiger partial charge in [0.15, 0.2) is 0 Å². The Labute approximate surface area is 327 Å². The molecule has 5 heteroatoms. The van der Waals surface area contributed by atoms with E-state index in [0.717, 1.165) is 28.9 Å². The Morgan fingerprint density at radius 2 is 1.38 bits per heavy atom. The number of hydrogen-bond acceptors (Lipinski definition) is 3. The monoisotopic (exact) mass is 887 g/mol. The van der Waals surface area contributed by atoms with Gasteiger partial charge in [-0.15, -0.1) is 53.6 Å². The van der Waals surface area contributed by atoms with E-state index in [1.807, 2.05) is 41.8 Å². The van der Waals surface area contributed by atoms with Crippen LogP contribution in [-0.4, -0.2) is 18.0 Å². The fourth-order valence-corrected chi connectivity index (χ4v) is 9.49. The molecule has 0 spiro atoms. The van der Waals surface area contributed by atoms with E-state index < -0.39 is 8.07 Å². The van der Waals surface area contributed by atoms with Gasteiger partial charge in [0.2, 0.25) is 0 Å². The van der Waals surface area contributed by atoms with Gasteiger partial charge in [0.1, 0.15) is 0 Å². The second-order valence-electron chi connectivity index (χ2n) is 14.4. The Morgan fingerprint density at radius 3 is 2.08 bits per heavy atom. The molecule has 0 N–H and O–H groups in total. The molecule has 0 atom stereocenters. The molecule has 3 aromatic heterocycles. The summed E-state index contributed by atoms with van der Waals surface area (Å²) in [5, 5.41) is 4.06. The van der Waals surface area contributed by atoms with Gasteiger partial charge in [0, 0.05) is 37.2 Å². The summed E-state index contributed by atoms with van der Waals surface area (Å²) in [6, 6.07) is 53.3. The Balaban J connectivity index is 0.000000193. The molecular formula is C47H42IrN2SSi-2. The van der Waals surface area contributed by atoms with Gasteiger partial charge < -0.3 is 9.97 Å². The normalized spacial score (nSPS) is 11.3. The third-order valence-corrected chi connectivity index (χ3v) is 12.3. The maximum absolute atomic E-state index is 4.73. The second-order valence-corrected chi connectivity index (χ2v) is 20.5. The van der Waals surface area contributed by atoms with Crippen molar-refractivity contribution in [3.8, 4) is 44.8 Å². The first kappa shape index (κ1) is 37.2. The van der Waals surface area contributed by atoms with Crippen LogP contribution in [0.2, 0.25) is 19.6 Å². The van der Waals surface area contributed by atoms with E-state index in [2.05, 4.69) is 166 Å². The fourth-order valence-electron chi connectivity index (χ4n) is 6.67. The summed E-state index contributed by atoms with van der Waals surface area (Å²) in [4.78, 5) is 9.42. The van der Waals surface area contributed by atoms with Crippen LogP contribution in [0.25, 0.3) is 64.9 Å². The molecule has 0 unspecified atom stereocenters. The number of thiophene rings is 1. The minimum absolute atomic E-state index is 0. The quantitative estimate of drug-likeness (QED) is 0.118. The molecule has 0 amide bonds. The van der Waals surface area contributed by atoms with Gasteiger partial charge >= 0.3 is 0 Å². The molecule has 1 radical (unpaired) electrons. The molecule has 2 nitrogen and oxygen atoms in total. The van der Waals surface area contributed by atoms with Crippen LogP contribution in [0.5, 0.6) is 0 Å². The first-order valence-corrected chi connectivity index (χ1v) is 22.0. The number of rotatable bonds is 7. The van der Waals surface area contributed by atoms with E-state index in [-0.39, 0.29) is 20.1 Å². The smallest absolute Gasteiger partial charge is 0.0798 e. The van der Waals surface area contributed by atoms with Crippen LogP contribution in [0, 0.1) is 18.1 Å². The number of pyridine rings is 2. The van der Waals surface area contributed by atoms with Crippen LogP contribution in [0.1, 0.15) is 19.4 Å². The van der Waals surface area contributed by atoms with Crippen molar-refractivity contribution in [2.24, 2.45) is 5.92 Å². The van der Waals surface area contributed by atoms with Crippen LogP contribution >= 0.6 is 11.3 Å². The molecule has 0 saturated heterocycles. The second kappa shape index (κ2) is 16.4. The van der Waals surface area contributed by atoms with E-state index >= 15 is 0 Å². The van der Waals surface area contributed by atoms with Crippen molar-refractivity contribution < 1.29 is 20.1 Å². The molecule has 8 aromatic rings. The number of fused-ring (bicyclic) bond motifs is 3. The van der Waals surface area contributed by atoms with Gasteiger partial charge in [0.25, 0.3) is 0 Å². The zero-order valence-corrected chi connectivity index (χ0v) is 34.5. The third-order valence-electron chi connectivity index (χ3n) is 9.07. The number of nitrogens with zero attached hydrogens (tertiary/aromatic N) is 2. The van der Waals surface area contributed by atoms with Crippen LogP contribution in [0.3, 0.4) is 0 Å². The molecule has 0 aliphatic carbocycles. The first-order chi connectivity index (χ1) is 24.8. The summed E-state index contributed by atoms with van der Waals surface area (Å²) in [7, 11) is -1.34. The van der Waals surface area contributed by atoms with Crippen LogP contribution < -0.4 is 5.19 Å². The van der Waals surface area contributed by atoms with E-state index in [1.54, 1.807) is 0 Å². The van der Waals surface area contributed by atoms with Crippen LogP contribution in [-0.2, 0) is 26.5 Å². The number of benzene rings is 5. The van der Waals surface area contributed by atoms with Gasteiger partial charge in [-0.25, -0.2) is 0 Å². The average molecular weight is 887 g/mol. The predicted octanol–water partition coefficient (Wildman–Crippen LogP) is 12.5. The Kier molecular flexibility index (Phi) is 11.8. The van der Waals surface area contributed by atoms with E-state index in [9.17, 15) is 0 Å². The average Bonchev–Trinajstić information content (AvgIpc) is 3.55. The molecule has 52 heavy (non-hydrogen) atoms. The molecule has 0 saturated carbocycles. The molecule has 261 valence electrons. The predicted molar refractivity (Wildman–Crippen MR) is 222 cm³/mol. The SMILES string of the molecule is CC(C)Cc1cc(-c2[c-]cccc2)ncc1[Si](C)(C)C.[Ir].[c-]1cc(-c2ccccc2)c2c(sc3ccccc32)c1-c1cc(-c2ccccc2)ccn1. The van der Waals surface area contributed by atoms with Crippen molar-refractivity contribution >= 4 is 44.8 Å². The van der Waals surface area contributed by atoms with Gasteiger partial charge in [-0.3, -0.25) is 0 Å². The number of aromatic nitrogens is 2. The minimum Gasteiger partial charge on any atom is -0.305 e. The third kappa shape index (κ3) is 8.25. The standard InChI is InChI=1S/C29H18NS.C18H24NSi.Ir/c1-3-9-20(10-4-1)22-17-18-30-26(19-22)24-16-15-23(21-11-5-2-6-12-21)28-25-13-7-8-14-27(25)31-29(24)28;1-14(2)11-16-12-17(15-9-7-6-8-10-15)19-13-18(16)20(3,4)5;/h1-15,17-19H;6-9,12-14H,11H2,1-5H3;/q2*-1;. The van der Waals surface area contributed by atoms with E-state index in [4.69, 9.17) is 4.98 Å². The molecule has 8 rings (SSSR count). The molecule has 0 bridgehead atoms. The van der Waals surface area contributed by atoms with Gasteiger partial charge in [0.05, 0.1) is 8.07 Å². The zero-order valence-electron chi connectivity index (χ0n) is 30.3. The van der Waals surface area contributed by atoms with E-state index in [1.165, 1.54) is 53.2 Å². The van der Waals surface area contributed by atoms with Crippen molar-refractivity contribution in [1.29, 1.82) is 0 Å². The summed E-state index contributed by atoms with van der Waals surface area (Å²) in [5.74, 6) is 0.667. The number of hydrogen-bond donors (Lipinski definition) is 0. The van der Waals surface area contributed by atoms with Gasteiger partial charge in [-0.2, -0.15) is 11.3 Å².